The number of rotatable bonds is 7. The molecule has 0 aliphatic heterocycles. The van der Waals surface area contributed by atoms with Gasteiger partial charge in [-0.3, -0.25) is 14.4 Å². The number of aliphatic hydroxyl groups is 2. The van der Waals surface area contributed by atoms with E-state index in [0.29, 0.717) is 0 Å². The number of ether oxygens (including phenoxy) is 4. The van der Waals surface area contributed by atoms with Crippen LogP contribution in [0, 0.1) is 28.1 Å². The Bertz CT molecular complexity index is 1640. The molecule has 11 nitrogen and oxygen atoms in total. The quantitative estimate of drug-likeness (QED) is 0.245. The molecule has 0 bridgehead atoms. The van der Waals surface area contributed by atoms with Crippen LogP contribution in [-0.4, -0.2) is 76.0 Å². The smallest absolute Gasteiger partial charge is 0.338 e. The molecule has 0 aromatic heterocycles. The second kappa shape index (κ2) is 12.8. The average molecular weight is 677 g/mol. The first kappa shape index (κ1) is 35.9. The molecule has 0 spiro atoms. The Hall–Kier alpha value is -4.35. The van der Waals surface area contributed by atoms with Crippen molar-refractivity contribution in [1.82, 2.24) is 0 Å². The van der Waals surface area contributed by atoms with Crippen molar-refractivity contribution in [3.05, 3.63) is 84.4 Å². The number of fused-ring (bicyclic) bond motifs is 3. The van der Waals surface area contributed by atoms with Gasteiger partial charge in [0, 0.05) is 31.6 Å². The number of aliphatic hydroxyl groups excluding tert-OH is 1. The highest BCUT2D eigenvalue weighted by Gasteiger charge is 2.78. The summed E-state index contributed by atoms with van der Waals surface area (Å²) in [4.78, 5) is 67.4. The van der Waals surface area contributed by atoms with E-state index < -0.39 is 93.9 Å². The molecule has 0 amide bonds. The Labute approximate surface area is 285 Å². The maximum atomic E-state index is 14.7. The predicted molar refractivity (Wildman–Crippen MR) is 175 cm³/mol. The van der Waals surface area contributed by atoms with Crippen molar-refractivity contribution < 1.29 is 53.1 Å². The van der Waals surface area contributed by atoms with Crippen LogP contribution in [-0.2, 0) is 33.3 Å². The number of carbonyl (C=O) groups is 5. The van der Waals surface area contributed by atoms with E-state index in [1.807, 2.05) is 0 Å². The maximum Gasteiger partial charge on any atom is 0.338 e. The fourth-order valence-corrected chi connectivity index (χ4v) is 8.90. The molecular formula is C38H44O11. The van der Waals surface area contributed by atoms with Crippen LogP contribution in [0.2, 0.25) is 0 Å². The third-order valence-electron chi connectivity index (χ3n) is 11.2. The lowest BCUT2D eigenvalue weighted by Gasteiger charge is -2.69. The lowest BCUT2D eigenvalue weighted by Crippen LogP contribution is -2.80. The number of esters is 4. The predicted octanol–water partition coefficient (Wildman–Crippen LogP) is 4.24. The molecular weight excluding hydrogens is 632 g/mol. The molecule has 2 aromatic carbocycles. The Morgan fingerprint density at radius 1 is 0.816 bits per heavy atom. The van der Waals surface area contributed by atoms with Crippen LogP contribution in [0.5, 0.6) is 0 Å². The van der Waals surface area contributed by atoms with Crippen molar-refractivity contribution in [3.8, 4) is 0 Å². The largest absolute Gasteiger partial charge is 0.459 e. The molecule has 2 N–H and O–H groups in total. The summed E-state index contributed by atoms with van der Waals surface area (Å²) in [6, 6.07) is 16.2. The van der Waals surface area contributed by atoms with Gasteiger partial charge in [-0.15, -0.1) is 6.58 Å². The Morgan fingerprint density at radius 3 is 1.82 bits per heavy atom. The van der Waals surface area contributed by atoms with E-state index in [0.717, 1.165) is 13.8 Å². The van der Waals surface area contributed by atoms with Crippen LogP contribution < -0.4 is 0 Å². The van der Waals surface area contributed by atoms with E-state index in [9.17, 15) is 34.2 Å². The second-order valence-corrected chi connectivity index (χ2v) is 14.6. The standard InChI is InChI=1S/C38H44O11/c1-8-36(6)20-25(48-32(42)23-15-11-9-12-16-23)29-37(7)26(19-27(46-21(2)39)38(29,45)34(36)44)35(4,5)30(41)28(47-22(3)40)31(37)49-33(43)24-17-13-10-14-18-24/h8-18,25-31,41,45H,1,19-20H2,2-7H3/t25?,26-,27+,28-,29+,30+,31-,36-,37-,38-/m0/s1. The summed E-state index contributed by atoms with van der Waals surface area (Å²) in [6.07, 6.45) is -6.00. The van der Waals surface area contributed by atoms with Crippen molar-refractivity contribution in [1.29, 1.82) is 0 Å². The monoisotopic (exact) mass is 676 g/mol. The van der Waals surface area contributed by atoms with Gasteiger partial charge < -0.3 is 29.2 Å². The second-order valence-electron chi connectivity index (χ2n) is 14.6. The molecule has 49 heavy (non-hydrogen) atoms. The van der Waals surface area contributed by atoms with E-state index in [2.05, 4.69) is 6.58 Å². The van der Waals surface area contributed by atoms with E-state index in [1.165, 1.54) is 18.2 Å². The molecule has 5 rings (SSSR count). The fourth-order valence-electron chi connectivity index (χ4n) is 8.90. The number of carbonyl (C=O) groups excluding carboxylic acids is 5. The lowest BCUT2D eigenvalue weighted by atomic mass is 9.38. The van der Waals surface area contributed by atoms with Crippen molar-refractivity contribution in [2.24, 2.45) is 28.1 Å². The molecule has 3 aliphatic carbocycles. The van der Waals surface area contributed by atoms with Crippen LogP contribution in [0.3, 0.4) is 0 Å². The van der Waals surface area contributed by atoms with Gasteiger partial charge in [0.25, 0.3) is 0 Å². The zero-order valence-corrected chi connectivity index (χ0v) is 28.6. The summed E-state index contributed by atoms with van der Waals surface area (Å²) < 4.78 is 23.9. The molecule has 3 aliphatic rings. The third kappa shape index (κ3) is 5.86. The highest BCUT2D eigenvalue weighted by molar-refractivity contribution is 5.97. The SMILES string of the molecule is C=C[C@@]1(C)CC(OC(=O)c2ccccc2)[C@H]2[C@](O)(C1=O)[C@H](OC(C)=O)C[C@H]1C(C)(C)[C@H](O)[C@H](OC(C)=O)[C@H](OC(=O)c3ccccc3)[C@@]12C. The molecule has 10 atom stereocenters. The van der Waals surface area contributed by atoms with Crippen LogP contribution >= 0.6 is 0 Å². The summed E-state index contributed by atoms with van der Waals surface area (Å²) in [5, 5.41) is 24.9. The van der Waals surface area contributed by atoms with Crippen molar-refractivity contribution in [3.63, 3.8) is 0 Å². The van der Waals surface area contributed by atoms with Gasteiger partial charge in [-0.25, -0.2) is 9.59 Å². The number of ketones is 1. The molecule has 2 aromatic rings. The van der Waals surface area contributed by atoms with E-state index in [1.54, 1.807) is 76.2 Å². The third-order valence-corrected chi connectivity index (χ3v) is 11.2. The molecule has 262 valence electrons. The highest BCUT2D eigenvalue weighted by Crippen LogP contribution is 2.67. The number of allylic oxidation sites excluding steroid dienone is 1. The number of benzene rings is 2. The summed E-state index contributed by atoms with van der Waals surface area (Å²) >= 11 is 0. The molecule has 0 saturated heterocycles. The summed E-state index contributed by atoms with van der Waals surface area (Å²) in [5.74, 6) is -5.99. The maximum absolute atomic E-state index is 14.7. The Balaban J connectivity index is 1.79. The van der Waals surface area contributed by atoms with Crippen molar-refractivity contribution in [2.45, 2.75) is 90.5 Å². The minimum atomic E-state index is -2.52. The highest BCUT2D eigenvalue weighted by atomic mass is 16.6. The van der Waals surface area contributed by atoms with Gasteiger partial charge in [0.2, 0.25) is 0 Å². The zero-order chi connectivity index (χ0) is 36.1. The van der Waals surface area contributed by atoms with Crippen LogP contribution in [0.15, 0.2) is 73.3 Å². The van der Waals surface area contributed by atoms with Gasteiger partial charge in [0.15, 0.2) is 17.5 Å². The summed E-state index contributed by atoms with van der Waals surface area (Å²) in [7, 11) is 0. The van der Waals surface area contributed by atoms with Gasteiger partial charge >= 0.3 is 23.9 Å². The van der Waals surface area contributed by atoms with E-state index >= 15 is 0 Å². The van der Waals surface area contributed by atoms with Gasteiger partial charge in [0.1, 0.15) is 24.4 Å². The normalized spacial score (nSPS) is 36.2. The van der Waals surface area contributed by atoms with Gasteiger partial charge in [-0.2, -0.15) is 0 Å². The van der Waals surface area contributed by atoms with E-state index in [4.69, 9.17) is 18.9 Å². The van der Waals surface area contributed by atoms with Crippen LogP contribution in [0.4, 0.5) is 0 Å². The van der Waals surface area contributed by atoms with Crippen LogP contribution in [0.25, 0.3) is 0 Å². The van der Waals surface area contributed by atoms with Gasteiger partial charge in [-0.1, -0.05) is 63.2 Å². The summed E-state index contributed by atoms with van der Waals surface area (Å²) in [6.45, 7) is 12.9. The average Bonchev–Trinajstić information content (AvgIpc) is 3.05. The zero-order valence-electron chi connectivity index (χ0n) is 28.6. The molecule has 1 unspecified atom stereocenters. The minimum Gasteiger partial charge on any atom is -0.459 e. The van der Waals surface area contributed by atoms with Crippen molar-refractivity contribution >= 4 is 29.7 Å². The first-order chi connectivity index (χ1) is 22.9. The number of hydrogen-bond donors (Lipinski definition) is 2. The lowest BCUT2D eigenvalue weighted by molar-refractivity contribution is -0.313. The minimum absolute atomic E-state index is 0.128. The Morgan fingerprint density at radius 2 is 1.33 bits per heavy atom. The molecule has 3 fully saturated rings. The first-order valence-electron chi connectivity index (χ1n) is 16.4. The molecule has 0 heterocycles. The summed E-state index contributed by atoms with van der Waals surface area (Å²) in [5.41, 5.74) is -6.32. The number of hydrogen-bond acceptors (Lipinski definition) is 11. The van der Waals surface area contributed by atoms with E-state index in [-0.39, 0.29) is 24.0 Å². The van der Waals surface area contributed by atoms with Crippen LogP contribution in [0.1, 0.15) is 75.1 Å². The van der Waals surface area contributed by atoms with Gasteiger partial charge in [0.05, 0.1) is 16.5 Å². The molecule has 11 heteroatoms. The fraction of sp³-hybridized carbons (Fsp3) is 0.500. The molecule has 3 saturated carbocycles. The van der Waals surface area contributed by atoms with Gasteiger partial charge in [-0.05, 0) is 48.9 Å². The first-order valence-corrected chi connectivity index (χ1v) is 16.4. The number of Topliss-reactive ketones (excluding diaryl/α,β-unsaturated/α-hetero) is 1. The van der Waals surface area contributed by atoms with Crippen molar-refractivity contribution in [2.75, 3.05) is 0 Å². The topological polar surface area (TPSA) is 163 Å². The Kier molecular flexibility index (Phi) is 9.42. The molecule has 0 radical (unpaired) electrons.